The summed E-state index contributed by atoms with van der Waals surface area (Å²) in [5, 5.41) is 10.1. The molecule has 1 rings (SSSR count). The van der Waals surface area contributed by atoms with Crippen molar-refractivity contribution in [2.75, 3.05) is 6.61 Å². The molecule has 0 heterocycles. The van der Waals surface area contributed by atoms with Crippen LogP contribution in [0.25, 0.3) is 5.76 Å². The molecule has 0 amide bonds. The molecule has 0 aromatic heterocycles. The number of esters is 1. The number of carbonyl (C=O) groups is 3. The summed E-state index contributed by atoms with van der Waals surface area (Å²) < 4.78 is 4.74. The number of aliphatic hydroxyl groups is 1. The fourth-order valence-corrected chi connectivity index (χ4v) is 1.62. The van der Waals surface area contributed by atoms with Crippen molar-refractivity contribution in [1.29, 1.82) is 0 Å². The van der Waals surface area contributed by atoms with Gasteiger partial charge in [-0.3, -0.25) is 9.59 Å². The maximum Gasteiger partial charge on any atom is 0.345 e. The maximum absolute atomic E-state index is 11.7. The van der Waals surface area contributed by atoms with Crippen molar-refractivity contribution >= 4 is 23.3 Å². The first-order valence-corrected chi connectivity index (χ1v) is 6.11. The highest BCUT2D eigenvalue weighted by atomic mass is 16.5. The van der Waals surface area contributed by atoms with Crippen LogP contribution in [0.15, 0.2) is 29.8 Å². The molecule has 0 aliphatic heterocycles. The van der Waals surface area contributed by atoms with Crippen molar-refractivity contribution in [2.45, 2.75) is 20.8 Å². The quantitative estimate of drug-likeness (QED) is 0.223. The molecule has 20 heavy (non-hydrogen) atoms. The topological polar surface area (TPSA) is 80.7 Å². The Labute approximate surface area is 116 Å². The fraction of sp³-hybridized carbons (Fsp3) is 0.267. The molecule has 0 bridgehead atoms. The zero-order valence-corrected chi connectivity index (χ0v) is 11.6. The van der Waals surface area contributed by atoms with Crippen LogP contribution < -0.4 is 0 Å². The molecular formula is C15H16O5. The third-order valence-corrected chi connectivity index (χ3v) is 2.63. The number of carbonyl (C=O) groups excluding carboxylic acids is 3. The summed E-state index contributed by atoms with van der Waals surface area (Å²) in [6.45, 7) is 4.30. The summed E-state index contributed by atoms with van der Waals surface area (Å²) in [6, 6.07) is 5.95. The van der Waals surface area contributed by atoms with Gasteiger partial charge in [-0.25, -0.2) is 4.79 Å². The Morgan fingerprint density at radius 1 is 1.05 bits per heavy atom. The van der Waals surface area contributed by atoms with Gasteiger partial charge >= 0.3 is 5.97 Å². The molecule has 0 radical (unpaired) electrons. The Morgan fingerprint density at radius 3 is 1.95 bits per heavy atom. The number of ketones is 2. The second-order valence-corrected chi connectivity index (χ2v) is 4.13. The lowest BCUT2D eigenvalue weighted by Gasteiger charge is -2.08. The van der Waals surface area contributed by atoms with Crippen LogP contribution in [0.5, 0.6) is 0 Å². The first-order valence-electron chi connectivity index (χ1n) is 6.11. The van der Waals surface area contributed by atoms with E-state index >= 15 is 0 Å². The lowest BCUT2D eigenvalue weighted by atomic mass is 10.0. The van der Waals surface area contributed by atoms with Crippen LogP contribution in [0, 0.1) is 0 Å². The molecule has 0 fully saturated rings. The molecule has 0 saturated carbocycles. The normalized spacial score (nSPS) is 11.6. The minimum Gasteiger partial charge on any atom is -0.506 e. The van der Waals surface area contributed by atoms with Crippen molar-refractivity contribution < 1.29 is 24.2 Å². The van der Waals surface area contributed by atoms with Gasteiger partial charge in [-0.05, 0) is 20.8 Å². The number of ether oxygens (including phenoxy) is 1. The van der Waals surface area contributed by atoms with Crippen LogP contribution in [0.3, 0.4) is 0 Å². The molecule has 1 aromatic carbocycles. The van der Waals surface area contributed by atoms with Crippen molar-refractivity contribution in [3.8, 4) is 0 Å². The van der Waals surface area contributed by atoms with E-state index in [4.69, 9.17) is 4.74 Å². The third-order valence-electron chi connectivity index (χ3n) is 2.63. The molecule has 1 aromatic rings. The highest BCUT2D eigenvalue weighted by molar-refractivity contribution is 6.21. The Balaban J connectivity index is 3.24. The Hall–Kier alpha value is -2.43. The zero-order chi connectivity index (χ0) is 15.3. The molecule has 5 nitrogen and oxygen atoms in total. The molecule has 1 N–H and O–H groups in total. The first-order chi connectivity index (χ1) is 9.38. The predicted molar refractivity (Wildman–Crippen MR) is 73.3 cm³/mol. The van der Waals surface area contributed by atoms with Gasteiger partial charge in [0, 0.05) is 11.1 Å². The summed E-state index contributed by atoms with van der Waals surface area (Å²) in [5.41, 5.74) is 0.345. The van der Waals surface area contributed by atoms with Gasteiger partial charge in [-0.15, -0.1) is 0 Å². The van der Waals surface area contributed by atoms with Crippen molar-refractivity contribution in [3.05, 3.63) is 41.0 Å². The van der Waals surface area contributed by atoms with E-state index in [-0.39, 0.29) is 18.0 Å². The molecule has 106 valence electrons. The summed E-state index contributed by atoms with van der Waals surface area (Å²) in [7, 11) is 0. The van der Waals surface area contributed by atoms with Crippen LogP contribution >= 0.6 is 0 Å². The molecule has 0 saturated heterocycles. The molecule has 0 aliphatic carbocycles. The van der Waals surface area contributed by atoms with E-state index in [1.165, 1.54) is 38.1 Å². The number of aliphatic hydroxyl groups excluding tert-OH is 1. The molecule has 0 atom stereocenters. The van der Waals surface area contributed by atoms with Crippen molar-refractivity contribution in [3.63, 3.8) is 0 Å². The Kier molecular flexibility index (Phi) is 5.20. The van der Waals surface area contributed by atoms with E-state index < -0.39 is 23.1 Å². The van der Waals surface area contributed by atoms with Crippen LogP contribution in [-0.2, 0) is 14.3 Å². The lowest BCUT2D eigenvalue weighted by molar-refractivity contribution is -0.139. The molecule has 0 spiro atoms. The number of rotatable bonds is 5. The number of benzene rings is 1. The van der Waals surface area contributed by atoms with Gasteiger partial charge in [0.2, 0.25) is 0 Å². The van der Waals surface area contributed by atoms with E-state index in [2.05, 4.69) is 0 Å². The first kappa shape index (κ1) is 15.6. The van der Waals surface area contributed by atoms with Gasteiger partial charge in [-0.2, -0.15) is 0 Å². The van der Waals surface area contributed by atoms with E-state index in [0.717, 1.165) is 0 Å². The van der Waals surface area contributed by atoms with Crippen molar-refractivity contribution in [1.82, 2.24) is 0 Å². The monoisotopic (exact) mass is 276 g/mol. The highest BCUT2D eigenvalue weighted by Crippen LogP contribution is 2.19. The predicted octanol–water partition coefficient (Wildman–Crippen LogP) is 2.31. The summed E-state index contributed by atoms with van der Waals surface area (Å²) in [4.78, 5) is 34.3. The van der Waals surface area contributed by atoms with E-state index in [1.807, 2.05) is 0 Å². The molecule has 0 unspecified atom stereocenters. The average Bonchev–Trinajstić information content (AvgIpc) is 2.38. The van der Waals surface area contributed by atoms with Crippen LogP contribution in [0.1, 0.15) is 36.7 Å². The minimum absolute atomic E-state index is 0.103. The van der Waals surface area contributed by atoms with E-state index in [9.17, 15) is 19.5 Å². The average molecular weight is 276 g/mol. The Bertz CT molecular complexity index is 566. The number of hydrogen-bond acceptors (Lipinski definition) is 5. The SMILES string of the molecule is CCOC(=O)C(C(C)=O)=C(O)c1ccc(C(C)=O)cc1. The van der Waals surface area contributed by atoms with Gasteiger partial charge < -0.3 is 9.84 Å². The molecule has 0 aliphatic rings. The second-order valence-electron chi connectivity index (χ2n) is 4.13. The van der Waals surface area contributed by atoms with Crippen LogP contribution in [0.2, 0.25) is 0 Å². The van der Waals surface area contributed by atoms with Crippen LogP contribution in [0.4, 0.5) is 0 Å². The second kappa shape index (κ2) is 6.65. The standard InChI is InChI=1S/C15H16O5/c1-4-20-15(19)13(10(3)17)14(18)12-7-5-11(6-8-12)9(2)16/h5-8,18H,4H2,1-3H3. The van der Waals surface area contributed by atoms with E-state index in [0.29, 0.717) is 5.56 Å². The Morgan fingerprint density at radius 2 is 1.55 bits per heavy atom. The summed E-state index contributed by atoms with van der Waals surface area (Å²) in [6.07, 6.45) is 0. The van der Waals surface area contributed by atoms with Gasteiger partial charge in [0.1, 0.15) is 11.3 Å². The minimum atomic E-state index is -0.867. The maximum atomic E-state index is 11.7. The number of hydrogen-bond donors (Lipinski definition) is 1. The summed E-state index contributed by atoms with van der Waals surface area (Å²) >= 11 is 0. The fourth-order valence-electron chi connectivity index (χ4n) is 1.62. The third kappa shape index (κ3) is 3.54. The smallest absolute Gasteiger partial charge is 0.345 e. The van der Waals surface area contributed by atoms with Crippen LogP contribution in [-0.4, -0.2) is 29.2 Å². The van der Waals surface area contributed by atoms with Gasteiger partial charge in [-0.1, -0.05) is 24.3 Å². The zero-order valence-electron chi connectivity index (χ0n) is 11.6. The van der Waals surface area contributed by atoms with E-state index in [1.54, 1.807) is 6.92 Å². The lowest BCUT2D eigenvalue weighted by Crippen LogP contribution is -2.16. The van der Waals surface area contributed by atoms with Crippen molar-refractivity contribution in [2.24, 2.45) is 0 Å². The largest absolute Gasteiger partial charge is 0.506 e. The number of Topliss-reactive ketones (excluding diaryl/α,β-unsaturated/α-hetero) is 2. The highest BCUT2D eigenvalue weighted by Gasteiger charge is 2.22. The molecular weight excluding hydrogens is 260 g/mol. The molecule has 5 heteroatoms. The van der Waals surface area contributed by atoms with Gasteiger partial charge in [0.25, 0.3) is 0 Å². The van der Waals surface area contributed by atoms with Gasteiger partial charge in [0.05, 0.1) is 6.61 Å². The van der Waals surface area contributed by atoms with Gasteiger partial charge in [0.15, 0.2) is 11.6 Å². The summed E-state index contributed by atoms with van der Waals surface area (Å²) in [5.74, 6) is -2.02.